The second-order valence-corrected chi connectivity index (χ2v) is 4.78. The molecule has 2 nitrogen and oxygen atoms in total. The molecule has 0 aliphatic carbocycles. The van der Waals surface area contributed by atoms with Crippen LogP contribution in [0.4, 0.5) is 5.82 Å². The quantitative estimate of drug-likeness (QED) is 0.732. The Labute approximate surface area is 103 Å². The minimum atomic E-state index is 0.548. The molecule has 88 valence electrons. The summed E-state index contributed by atoms with van der Waals surface area (Å²) < 4.78 is 0. The molecule has 1 atom stereocenters. The number of anilines is 1. The Balaban J connectivity index is 2.26. The van der Waals surface area contributed by atoms with E-state index in [1.165, 1.54) is 25.7 Å². The third-order valence-corrected chi connectivity index (χ3v) is 3.62. The summed E-state index contributed by atoms with van der Waals surface area (Å²) in [5.41, 5.74) is 1.15. The summed E-state index contributed by atoms with van der Waals surface area (Å²) in [6.45, 7) is 3.40. The van der Waals surface area contributed by atoms with Gasteiger partial charge in [-0.15, -0.1) is 11.6 Å². The van der Waals surface area contributed by atoms with Crippen molar-refractivity contribution in [3.63, 3.8) is 0 Å². The van der Waals surface area contributed by atoms with Crippen molar-refractivity contribution in [3.8, 4) is 0 Å². The molecule has 0 amide bonds. The first-order chi connectivity index (χ1) is 7.83. The van der Waals surface area contributed by atoms with E-state index in [2.05, 4.69) is 22.9 Å². The van der Waals surface area contributed by atoms with Gasteiger partial charge in [0.05, 0.1) is 5.88 Å². The summed E-state index contributed by atoms with van der Waals surface area (Å²) in [7, 11) is 0. The van der Waals surface area contributed by atoms with E-state index in [4.69, 9.17) is 11.6 Å². The van der Waals surface area contributed by atoms with Crippen LogP contribution in [-0.4, -0.2) is 17.6 Å². The molecule has 0 N–H and O–H groups in total. The molecule has 0 radical (unpaired) electrons. The Morgan fingerprint density at radius 2 is 2.31 bits per heavy atom. The van der Waals surface area contributed by atoms with E-state index < -0.39 is 0 Å². The highest BCUT2D eigenvalue weighted by molar-refractivity contribution is 6.17. The normalized spacial score (nSPS) is 21.9. The van der Waals surface area contributed by atoms with Gasteiger partial charge in [-0.05, 0) is 25.8 Å². The highest BCUT2D eigenvalue weighted by Crippen LogP contribution is 2.25. The third-order valence-electron chi connectivity index (χ3n) is 3.34. The van der Waals surface area contributed by atoms with Crippen LogP contribution in [0.1, 0.15) is 38.2 Å². The number of halogens is 1. The van der Waals surface area contributed by atoms with Crippen molar-refractivity contribution < 1.29 is 0 Å². The van der Waals surface area contributed by atoms with Gasteiger partial charge >= 0.3 is 0 Å². The Bertz CT molecular complexity index is 340. The summed E-state index contributed by atoms with van der Waals surface area (Å²) >= 11 is 5.97. The van der Waals surface area contributed by atoms with Crippen molar-refractivity contribution in [1.29, 1.82) is 0 Å². The van der Waals surface area contributed by atoms with Gasteiger partial charge < -0.3 is 4.90 Å². The zero-order valence-corrected chi connectivity index (χ0v) is 10.6. The average Bonchev–Trinajstić information content (AvgIpc) is 2.54. The van der Waals surface area contributed by atoms with E-state index in [1.54, 1.807) is 0 Å². The molecule has 1 aromatic heterocycles. The average molecular weight is 239 g/mol. The molecule has 0 bridgehead atoms. The Morgan fingerprint density at radius 3 is 3.12 bits per heavy atom. The molecule has 1 aliphatic heterocycles. The van der Waals surface area contributed by atoms with Gasteiger partial charge in [-0.3, -0.25) is 0 Å². The summed E-state index contributed by atoms with van der Waals surface area (Å²) in [6.07, 6.45) is 7.06. The first-order valence-electron chi connectivity index (χ1n) is 6.09. The molecule has 1 aromatic rings. The molecule has 1 aliphatic rings. The van der Waals surface area contributed by atoms with Crippen LogP contribution < -0.4 is 4.90 Å². The van der Waals surface area contributed by atoms with Gasteiger partial charge in [0.2, 0.25) is 0 Å². The molecule has 0 aromatic carbocycles. The summed E-state index contributed by atoms with van der Waals surface area (Å²) in [5, 5.41) is 0. The highest BCUT2D eigenvalue weighted by atomic mass is 35.5. The van der Waals surface area contributed by atoms with Crippen LogP contribution in [0.5, 0.6) is 0 Å². The molecule has 1 saturated heterocycles. The lowest BCUT2D eigenvalue weighted by molar-refractivity contribution is 0.610. The maximum absolute atomic E-state index is 5.97. The number of nitrogens with zero attached hydrogens (tertiary/aromatic N) is 2. The number of rotatable bonds is 2. The van der Waals surface area contributed by atoms with E-state index >= 15 is 0 Å². The van der Waals surface area contributed by atoms with Gasteiger partial charge in [-0.2, -0.15) is 0 Å². The standard InChI is InChI=1S/C13H19ClN2/c1-11-6-3-2-4-9-16(11)13-12(10-14)7-5-8-15-13/h5,7-8,11H,2-4,6,9-10H2,1H3. The Hall–Kier alpha value is -0.760. The number of hydrogen-bond acceptors (Lipinski definition) is 2. The maximum atomic E-state index is 5.97. The van der Waals surface area contributed by atoms with Crippen LogP contribution in [0.2, 0.25) is 0 Å². The second kappa shape index (κ2) is 5.53. The van der Waals surface area contributed by atoms with Crippen molar-refractivity contribution in [2.45, 2.75) is 44.5 Å². The summed E-state index contributed by atoms with van der Waals surface area (Å²) in [4.78, 5) is 6.93. The smallest absolute Gasteiger partial charge is 0.133 e. The van der Waals surface area contributed by atoms with E-state index in [9.17, 15) is 0 Å². The van der Waals surface area contributed by atoms with Gasteiger partial charge in [-0.1, -0.05) is 18.9 Å². The number of pyridine rings is 1. The maximum Gasteiger partial charge on any atom is 0.133 e. The third kappa shape index (κ3) is 2.49. The van der Waals surface area contributed by atoms with Crippen LogP contribution in [0.25, 0.3) is 0 Å². The Morgan fingerprint density at radius 1 is 1.44 bits per heavy atom. The molecular formula is C13H19ClN2. The molecule has 2 rings (SSSR count). The SMILES string of the molecule is CC1CCCCCN1c1ncccc1CCl. The molecule has 2 heterocycles. The number of aromatic nitrogens is 1. The minimum absolute atomic E-state index is 0.548. The van der Waals surface area contributed by atoms with Crippen molar-refractivity contribution in [2.75, 3.05) is 11.4 Å². The van der Waals surface area contributed by atoms with E-state index in [1.807, 2.05) is 12.3 Å². The van der Waals surface area contributed by atoms with Gasteiger partial charge in [0.1, 0.15) is 5.82 Å². The fraction of sp³-hybridized carbons (Fsp3) is 0.615. The van der Waals surface area contributed by atoms with Crippen molar-refractivity contribution in [2.24, 2.45) is 0 Å². The van der Waals surface area contributed by atoms with Crippen LogP contribution in [0.15, 0.2) is 18.3 Å². The minimum Gasteiger partial charge on any atom is -0.354 e. The molecule has 1 unspecified atom stereocenters. The van der Waals surface area contributed by atoms with Crippen LogP contribution >= 0.6 is 11.6 Å². The summed E-state index contributed by atoms with van der Waals surface area (Å²) in [5.74, 6) is 1.64. The lowest BCUT2D eigenvalue weighted by Crippen LogP contribution is -2.33. The van der Waals surface area contributed by atoms with Gasteiger partial charge in [0, 0.05) is 24.3 Å². The number of hydrogen-bond donors (Lipinski definition) is 0. The summed E-state index contributed by atoms with van der Waals surface area (Å²) in [6, 6.07) is 4.62. The topological polar surface area (TPSA) is 16.1 Å². The molecule has 3 heteroatoms. The predicted octanol–water partition coefficient (Wildman–Crippen LogP) is 3.59. The lowest BCUT2D eigenvalue weighted by Gasteiger charge is -2.29. The van der Waals surface area contributed by atoms with Crippen molar-refractivity contribution in [3.05, 3.63) is 23.9 Å². The fourth-order valence-corrected chi connectivity index (χ4v) is 2.59. The van der Waals surface area contributed by atoms with Crippen LogP contribution in [0.3, 0.4) is 0 Å². The molecule has 0 spiro atoms. The zero-order chi connectivity index (χ0) is 11.4. The van der Waals surface area contributed by atoms with E-state index in [0.717, 1.165) is 17.9 Å². The van der Waals surface area contributed by atoms with Crippen molar-refractivity contribution in [1.82, 2.24) is 4.98 Å². The first kappa shape index (κ1) is 11.7. The lowest BCUT2D eigenvalue weighted by atomic mass is 10.1. The van der Waals surface area contributed by atoms with Crippen LogP contribution in [-0.2, 0) is 5.88 Å². The monoisotopic (exact) mass is 238 g/mol. The van der Waals surface area contributed by atoms with E-state index in [-0.39, 0.29) is 0 Å². The van der Waals surface area contributed by atoms with Crippen LogP contribution in [0, 0.1) is 0 Å². The predicted molar refractivity (Wildman–Crippen MR) is 69.1 cm³/mol. The first-order valence-corrected chi connectivity index (χ1v) is 6.63. The Kier molecular flexibility index (Phi) is 4.05. The van der Waals surface area contributed by atoms with Crippen molar-refractivity contribution >= 4 is 17.4 Å². The van der Waals surface area contributed by atoms with Gasteiger partial charge in [0.25, 0.3) is 0 Å². The molecular weight excluding hydrogens is 220 g/mol. The molecule has 1 fully saturated rings. The fourth-order valence-electron chi connectivity index (χ4n) is 2.38. The van der Waals surface area contributed by atoms with Gasteiger partial charge in [-0.25, -0.2) is 4.98 Å². The second-order valence-electron chi connectivity index (χ2n) is 4.51. The molecule has 16 heavy (non-hydrogen) atoms. The largest absolute Gasteiger partial charge is 0.354 e. The van der Waals surface area contributed by atoms with E-state index in [0.29, 0.717) is 11.9 Å². The number of alkyl halides is 1. The molecule has 0 saturated carbocycles. The zero-order valence-electron chi connectivity index (χ0n) is 9.82. The van der Waals surface area contributed by atoms with Gasteiger partial charge in [0.15, 0.2) is 0 Å². The highest BCUT2D eigenvalue weighted by Gasteiger charge is 2.20.